The van der Waals surface area contributed by atoms with Crippen molar-refractivity contribution in [1.29, 1.82) is 0 Å². The largest absolute Gasteiger partial charge is 0.707 e. The van der Waals surface area contributed by atoms with E-state index in [0.717, 1.165) is 11.1 Å². The fraction of sp³-hybridized carbons (Fsp3) is 0.300. The van der Waals surface area contributed by atoms with Crippen molar-refractivity contribution in [2.45, 2.75) is 0 Å². The number of ether oxygens (including phenoxy) is 4. The number of nitrogens with one attached hydrogen (secondary N) is 1. The van der Waals surface area contributed by atoms with Crippen LogP contribution in [0.4, 0.5) is 11.5 Å². The first-order chi connectivity index (χ1) is 15.1. The lowest BCUT2D eigenvalue weighted by atomic mass is 10.2. The van der Waals surface area contributed by atoms with Gasteiger partial charge in [0.1, 0.15) is 31.1 Å². The molecule has 0 aliphatic heterocycles. The molecule has 10 nitrogen and oxygen atoms in total. The van der Waals surface area contributed by atoms with Crippen LogP contribution in [0.3, 0.4) is 0 Å². The highest BCUT2D eigenvalue weighted by Gasteiger charge is 2.14. The van der Waals surface area contributed by atoms with Crippen molar-refractivity contribution in [3.63, 3.8) is 0 Å². The Morgan fingerprint density at radius 1 is 0.871 bits per heavy atom. The number of aromatic nitrogens is 2. The molecule has 0 saturated heterocycles. The van der Waals surface area contributed by atoms with Crippen LogP contribution >= 0.6 is 0 Å². The Morgan fingerprint density at radius 2 is 1.52 bits per heavy atom. The zero-order chi connectivity index (χ0) is 22.1. The summed E-state index contributed by atoms with van der Waals surface area (Å²) in [5.74, 6) is 1.98. The maximum absolute atomic E-state index is 8.89. The molecular weight excluding hydrogens is 405 g/mol. The van der Waals surface area contributed by atoms with Crippen LogP contribution in [0.5, 0.6) is 17.2 Å². The molecule has 0 bridgehead atoms. The molecule has 0 unspecified atom stereocenters. The van der Waals surface area contributed by atoms with Crippen LogP contribution in [-0.4, -0.2) is 68.0 Å². The van der Waals surface area contributed by atoms with Crippen LogP contribution in [0.1, 0.15) is 0 Å². The topological polar surface area (TPSA) is 124 Å². The van der Waals surface area contributed by atoms with Crippen molar-refractivity contribution in [3.8, 4) is 17.2 Å². The van der Waals surface area contributed by atoms with Crippen LogP contribution in [-0.2, 0) is 9.47 Å². The normalized spacial score (nSPS) is 10.7. The molecule has 0 aliphatic rings. The second-order valence-corrected chi connectivity index (χ2v) is 6.31. The molecule has 0 fully saturated rings. The van der Waals surface area contributed by atoms with Gasteiger partial charge in [0.25, 0.3) is 0 Å². The molecule has 3 aromatic rings. The van der Waals surface area contributed by atoms with E-state index in [0.29, 0.717) is 55.0 Å². The molecule has 3 N–H and O–H groups in total. The summed E-state index contributed by atoms with van der Waals surface area (Å²) in [6, 6.07) is 10.3. The van der Waals surface area contributed by atoms with E-state index in [-0.39, 0.29) is 0 Å². The third-order valence-corrected chi connectivity index (χ3v) is 4.15. The van der Waals surface area contributed by atoms with E-state index < -0.39 is 7.32 Å². The molecular formula is C20H24BN3O7. The van der Waals surface area contributed by atoms with Crippen LogP contribution in [0.15, 0.2) is 42.7 Å². The van der Waals surface area contributed by atoms with E-state index in [1.807, 2.05) is 6.07 Å². The third kappa shape index (κ3) is 6.43. The summed E-state index contributed by atoms with van der Waals surface area (Å²) in [4.78, 5) is 8.68. The summed E-state index contributed by atoms with van der Waals surface area (Å²) >= 11 is 0. The molecule has 11 heteroatoms. The monoisotopic (exact) mass is 429 g/mol. The maximum Gasteiger partial charge on any atom is 0.707 e. The number of benzene rings is 2. The van der Waals surface area contributed by atoms with Gasteiger partial charge in [-0.05, 0) is 30.3 Å². The van der Waals surface area contributed by atoms with Gasteiger partial charge in [-0.2, -0.15) is 0 Å². The van der Waals surface area contributed by atoms with E-state index in [4.69, 9.17) is 33.6 Å². The highest BCUT2D eigenvalue weighted by Crippen LogP contribution is 2.35. The van der Waals surface area contributed by atoms with Gasteiger partial charge >= 0.3 is 7.32 Å². The van der Waals surface area contributed by atoms with Gasteiger partial charge in [-0.15, -0.1) is 0 Å². The van der Waals surface area contributed by atoms with Crippen LogP contribution in [0.25, 0.3) is 10.9 Å². The van der Waals surface area contributed by atoms with Gasteiger partial charge in [0.2, 0.25) is 0 Å². The average Bonchev–Trinajstić information content (AvgIpc) is 2.75. The van der Waals surface area contributed by atoms with E-state index in [1.165, 1.54) is 6.33 Å². The summed E-state index contributed by atoms with van der Waals surface area (Å²) in [6.45, 7) is 1.61. The SMILES string of the molecule is COCCOc1cc2ncnc(Nc3ccc(OB(O)O)cc3)c2cc1OCCOC. The van der Waals surface area contributed by atoms with Crippen molar-refractivity contribution < 1.29 is 33.6 Å². The Hall–Kier alpha value is -3.12. The summed E-state index contributed by atoms with van der Waals surface area (Å²) in [5.41, 5.74) is 1.40. The van der Waals surface area contributed by atoms with Gasteiger partial charge in [0, 0.05) is 31.4 Å². The molecule has 1 aromatic heterocycles. The Balaban J connectivity index is 1.88. The second-order valence-electron chi connectivity index (χ2n) is 6.31. The Morgan fingerprint density at radius 3 is 2.13 bits per heavy atom. The Kier molecular flexibility index (Phi) is 8.24. The third-order valence-electron chi connectivity index (χ3n) is 4.15. The first kappa shape index (κ1) is 22.6. The van der Waals surface area contributed by atoms with E-state index in [9.17, 15) is 0 Å². The van der Waals surface area contributed by atoms with E-state index in [1.54, 1.807) is 44.6 Å². The minimum absolute atomic E-state index is 0.319. The van der Waals surface area contributed by atoms with Gasteiger partial charge in [-0.3, -0.25) is 0 Å². The summed E-state index contributed by atoms with van der Waals surface area (Å²) in [6.07, 6.45) is 1.45. The maximum atomic E-state index is 8.89. The minimum atomic E-state index is -1.87. The molecule has 2 aromatic carbocycles. The molecule has 0 aliphatic carbocycles. The summed E-state index contributed by atoms with van der Waals surface area (Å²) < 4.78 is 26.6. The minimum Gasteiger partial charge on any atom is -0.512 e. The van der Waals surface area contributed by atoms with Crippen molar-refractivity contribution in [3.05, 3.63) is 42.7 Å². The number of nitrogens with zero attached hydrogens (tertiary/aromatic N) is 2. The highest BCUT2D eigenvalue weighted by molar-refractivity contribution is 6.33. The number of hydrogen-bond donors (Lipinski definition) is 3. The van der Waals surface area contributed by atoms with Gasteiger partial charge in [0.05, 0.1) is 18.7 Å². The molecule has 3 rings (SSSR count). The Labute approximate surface area is 179 Å². The first-order valence-electron chi connectivity index (χ1n) is 9.53. The first-order valence-corrected chi connectivity index (χ1v) is 9.53. The van der Waals surface area contributed by atoms with Crippen molar-refractivity contribution in [2.75, 3.05) is 46.0 Å². The molecule has 0 saturated carbocycles. The number of rotatable bonds is 12. The zero-order valence-corrected chi connectivity index (χ0v) is 17.3. The predicted molar refractivity (Wildman–Crippen MR) is 115 cm³/mol. The summed E-state index contributed by atoms with van der Waals surface area (Å²) in [5, 5.41) is 21.7. The number of hydrogen-bond acceptors (Lipinski definition) is 10. The smallest absolute Gasteiger partial charge is 0.512 e. The van der Waals surface area contributed by atoms with Crippen LogP contribution < -0.4 is 19.4 Å². The standard InChI is InChI=1S/C20H24BN3O7/c1-27-7-9-29-18-11-16-17(12-19(18)30-10-8-28-2)22-13-23-20(16)24-14-3-5-15(6-4-14)31-21(25)26/h3-6,11-13,25-26H,7-10H2,1-2H3,(H,22,23,24). The zero-order valence-electron chi connectivity index (χ0n) is 17.3. The Bertz CT molecular complexity index is 973. The van der Waals surface area contributed by atoms with Gasteiger partial charge in [-0.1, -0.05) is 0 Å². The fourth-order valence-corrected chi connectivity index (χ4v) is 2.73. The van der Waals surface area contributed by atoms with Gasteiger partial charge in [-0.25, -0.2) is 9.97 Å². The predicted octanol–water partition coefficient (Wildman–Crippen LogP) is 1.77. The molecule has 0 radical (unpaired) electrons. The molecule has 31 heavy (non-hydrogen) atoms. The van der Waals surface area contributed by atoms with Crippen LogP contribution in [0.2, 0.25) is 0 Å². The highest BCUT2D eigenvalue weighted by atomic mass is 16.6. The lowest BCUT2D eigenvalue weighted by molar-refractivity contribution is 0.132. The molecule has 0 atom stereocenters. The number of anilines is 2. The van der Waals surface area contributed by atoms with E-state index >= 15 is 0 Å². The van der Waals surface area contributed by atoms with Crippen LogP contribution in [0, 0.1) is 0 Å². The van der Waals surface area contributed by atoms with E-state index in [2.05, 4.69) is 15.3 Å². The quantitative estimate of drug-likeness (QED) is 0.290. The number of methoxy groups -OCH3 is 2. The number of fused-ring (bicyclic) bond motifs is 1. The lowest BCUT2D eigenvalue weighted by Gasteiger charge is -2.15. The second kappa shape index (κ2) is 11.3. The average molecular weight is 429 g/mol. The molecule has 1 heterocycles. The molecule has 0 spiro atoms. The summed E-state index contributed by atoms with van der Waals surface area (Å²) in [7, 11) is 1.34. The molecule has 0 amide bonds. The fourth-order valence-electron chi connectivity index (χ4n) is 2.73. The lowest BCUT2D eigenvalue weighted by Crippen LogP contribution is -2.20. The molecule has 164 valence electrons. The van der Waals surface area contributed by atoms with Gasteiger partial charge < -0.3 is 39.0 Å². The van der Waals surface area contributed by atoms with Crippen molar-refractivity contribution >= 4 is 29.7 Å². The van der Waals surface area contributed by atoms with Crippen molar-refractivity contribution in [2.24, 2.45) is 0 Å². The van der Waals surface area contributed by atoms with Crippen molar-refractivity contribution in [1.82, 2.24) is 9.97 Å². The van der Waals surface area contributed by atoms with Gasteiger partial charge in [0.15, 0.2) is 11.5 Å².